The molecule has 0 saturated heterocycles. The van der Waals surface area contributed by atoms with Gasteiger partial charge in [0.05, 0.1) is 29.3 Å². The van der Waals surface area contributed by atoms with Crippen molar-refractivity contribution in [2.24, 2.45) is 0 Å². The molecule has 1 aromatic heterocycles. The number of benzene rings is 1. The van der Waals surface area contributed by atoms with E-state index in [1.165, 1.54) is 0 Å². The van der Waals surface area contributed by atoms with Crippen molar-refractivity contribution in [1.29, 1.82) is 0 Å². The number of anilines is 1. The van der Waals surface area contributed by atoms with Crippen molar-refractivity contribution in [2.45, 2.75) is 26.4 Å². The van der Waals surface area contributed by atoms with Gasteiger partial charge in [-0.25, -0.2) is 4.98 Å². The van der Waals surface area contributed by atoms with Crippen LogP contribution in [-0.4, -0.2) is 16.3 Å². The van der Waals surface area contributed by atoms with Crippen LogP contribution in [0, 0.1) is 0 Å². The Morgan fingerprint density at radius 3 is 2.95 bits per heavy atom. The number of halogens is 1. The Bertz CT molecular complexity index is 612. The van der Waals surface area contributed by atoms with Crippen LogP contribution in [-0.2, 0) is 13.1 Å². The van der Waals surface area contributed by atoms with E-state index in [0.717, 1.165) is 30.1 Å². The molecule has 0 bridgehead atoms. The Labute approximate surface area is 122 Å². The van der Waals surface area contributed by atoms with Gasteiger partial charge in [-0.05, 0) is 6.42 Å². The van der Waals surface area contributed by atoms with E-state index in [2.05, 4.69) is 21.8 Å². The number of nitrogens with one attached hydrogen (secondary N) is 1. The minimum Gasteiger partial charge on any atom is -0.454 e. The Morgan fingerprint density at radius 2 is 2.15 bits per heavy atom. The minimum absolute atomic E-state index is 0.248. The second-order valence-corrected chi connectivity index (χ2v) is 5.02. The summed E-state index contributed by atoms with van der Waals surface area (Å²) in [6.07, 6.45) is 4.79. The van der Waals surface area contributed by atoms with E-state index in [1.54, 1.807) is 6.07 Å². The molecule has 0 radical (unpaired) electrons. The summed E-state index contributed by atoms with van der Waals surface area (Å²) in [6.45, 7) is 4.02. The van der Waals surface area contributed by atoms with Gasteiger partial charge in [0.15, 0.2) is 11.5 Å². The summed E-state index contributed by atoms with van der Waals surface area (Å²) in [7, 11) is 0. The lowest BCUT2D eigenvalue weighted by molar-refractivity contribution is 0.174. The van der Waals surface area contributed by atoms with Crippen LogP contribution in [0.5, 0.6) is 11.5 Å². The highest BCUT2D eigenvalue weighted by atomic mass is 35.5. The van der Waals surface area contributed by atoms with Gasteiger partial charge < -0.3 is 19.4 Å². The maximum Gasteiger partial charge on any atom is 0.231 e. The predicted octanol–water partition coefficient (Wildman–Crippen LogP) is 3.29. The van der Waals surface area contributed by atoms with Gasteiger partial charge in [0.2, 0.25) is 6.79 Å². The Kier molecular flexibility index (Phi) is 3.69. The number of hydrogen-bond acceptors (Lipinski definition) is 4. The molecule has 2 aromatic rings. The van der Waals surface area contributed by atoms with Gasteiger partial charge in [-0.1, -0.05) is 18.5 Å². The van der Waals surface area contributed by atoms with Gasteiger partial charge in [-0.2, -0.15) is 0 Å². The number of nitrogens with zero attached hydrogens (tertiary/aromatic N) is 2. The first-order valence-electron chi connectivity index (χ1n) is 6.60. The average Bonchev–Trinajstić information content (AvgIpc) is 3.05. The molecule has 2 heterocycles. The number of fused-ring (bicyclic) bond motifs is 1. The highest BCUT2D eigenvalue weighted by molar-refractivity contribution is 6.33. The molecule has 0 unspecified atom stereocenters. The van der Waals surface area contributed by atoms with E-state index < -0.39 is 0 Å². The third-order valence-corrected chi connectivity index (χ3v) is 3.50. The van der Waals surface area contributed by atoms with Crippen molar-refractivity contribution >= 4 is 17.3 Å². The summed E-state index contributed by atoms with van der Waals surface area (Å²) >= 11 is 6.23. The number of ether oxygens (including phenoxy) is 2. The predicted molar refractivity (Wildman–Crippen MR) is 77.4 cm³/mol. The smallest absolute Gasteiger partial charge is 0.231 e. The molecule has 20 heavy (non-hydrogen) atoms. The van der Waals surface area contributed by atoms with Gasteiger partial charge in [0.1, 0.15) is 0 Å². The van der Waals surface area contributed by atoms with Gasteiger partial charge in [0, 0.05) is 24.9 Å². The summed E-state index contributed by atoms with van der Waals surface area (Å²) in [5, 5.41) is 3.94. The maximum atomic E-state index is 6.23. The molecule has 0 aliphatic carbocycles. The second-order valence-electron chi connectivity index (χ2n) is 4.62. The monoisotopic (exact) mass is 293 g/mol. The number of aromatic nitrogens is 2. The number of imidazole rings is 1. The fourth-order valence-corrected chi connectivity index (χ4v) is 2.40. The molecule has 1 aliphatic rings. The SMILES string of the molecule is CCCn1cncc1CNc1cc2c(cc1Cl)OCO2. The van der Waals surface area contributed by atoms with Crippen LogP contribution in [0.1, 0.15) is 19.0 Å². The normalized spacial score (nSPS) is 12.7. The van der Waals surface area contributed by atoms with E-state index in [-0.39, 0.29) is 6.79 Å². The fourth-order valence-electron chi connectivity index (χ4n) is 2.18. The summed E-state index contributed by atoms with van der Waals surface area (Å²) in [6, 6.07) is 3.64. The lowest BCUT2D eigenvalue weighted by Crippen LogP contribution is -2.07. The van der Waals surface area contributed by atoms with Crippen LogP contribution in [0.15, 0.2) is 24.7 Å². The molecule has 0 saturated carbocycles. The summed E-state index contributed by atoms with van der Waals surface area (Å²) < 4.78 is 12.8. The zero-order valence-electron chi connectivity index (χ0n) is 11.2. The van der Waals surface area contributed by atoms with Crippen molar-refractivity contribution in [3.63, 3.8) is 0 Å². The third-order valence-electron chi connectivity index (χ3n) is 3.19. The molecule has 5 nitrogen and oxygen atoms in total. The Hall–Kier alpha value is -1.88. The Balaban J connectivity index is 1.73. The molecule has 0 amide bonds. The van der Waals surface area contributed by atoms with E-state index in [0.29, 0.717) is 17.3 Å². The lowest BCUT2D eigenvalue weighted by atomic mass is 10.2. The summed E-state index contributed by atoms with van der Waals surface area (Å²) in [4.78, 5) is 4.18. The average molecular weight is 294 g/mol. The maximum absolute atomic E-state index is 6.23. The number of hydrogen-bond donors (Lipinski definition) is 1. The standard InChI is InChI=1S/C14H16ClN3O2/c1-2-3-18-8-16-6-10(18)7-17-12-5-14-13(4-11(12)15)19-9-20-14/h4-6,8,17H,2-3,7,9H2,1H3. The Morgan fingerprint density at radius 1 is 1.35 bits per heavy atom. The van der Waals surface area contributed by atoms with Crippen molar-refractivity contribution in [2.75, 3.05) is 12.1 Å². The van der Waals surface area contributed by atoms with Crippen molar-refractivity contribution in [1.82, 2.24) is 9.55 Å². The summed E-state index contributed by atoms with van der Waals surface area (Å²) in [5.74, 6) is 1.41. The first-order chi connectivity index (χ1) is 9.78. The molecule has 0 fully saturated rings. The van der Waals surface area contributed by atoms with Gasteiger partial charge in [-0.3, -0.25) is 0 Å². The zero-order chi connectivity index (χ0) is 13.9. The highest BCUT2D eigenvalue weighted by Gasteiger charge is 2.16. The highest BCUT2D eigenvalue weighted by Crippen LogP contribution is 2.39. The second kappa shape index (κ2) is 5.63. The zero-order valence-corrected chi connectivity index (χ0v) is 12.0. The number of aryl methyl sites for hydroxylation is 1. The van der Waals surface area contributed by atoms with Crippen LogP contribution >= 0.6 is 11.6 Å². The van der Waals surface area contributed by atoms with E-state index in [1.807, 2.05) is 18.6 Å². The van der Waals surface area contributed by atoms with E-state index >= 15 is 0 Å². The van der Waals surface area contributed by atoms with Crippen LogP contribution < -0.4 is 14.8 Å². The van der Waals surface area contributed by atoms with Crippen LogP contribution in [0.4, 0.5) is 5.69 Å². The van der Waals surface area contributed by atoms with Gasteiger partial charge in [0.25, 0.3) is 0 Å². The fraction of sp³-hybridized carbons (Fsp3) is 0.357. The largest absolute Gasteiger partial charge is 0.454 e. The van der Waals surface area contributed by atoms with Crippen molar-refractivity contribution in [3.8, 4) is 11.5 Å². The van der Waals surface area contributed by atoms with Crippen LogP contribution in [0.2, 0.25) is 5.02 Å². The van der Waals surface area contributed by atoms with Crippen molar-refractivity contribution < 1.29 is 9.47 Å². The molecule has 3 rings (SSSR count). The van der Waals surface area contributed by atoms with Gasteiger partial charge >= 0.3 is 0 Å². The topological polar surface area (TPSA) is 48.3 Å². The first-order valence-corrected chi connectivity index (χ1v) is 6.97. The third kappa shape index (κ3) is 2.54. The van der Waals surface area contributed by atoms with E-state index in [9.17, 15) is 0 Å². The molecule has 6 heteroatoms. The summed E-state index contributed by atoms with van der Waals surface area (Å²) in [5.41, 5.74) is 1.96. The molecule has 1 aliphatic heterocycles. The quantitative estimate of drug-likeness (QED) is 0.919. The number of rotatable bonds is 5. The molecule has 106 valence electrons. The van der Waals surface area contributed by atoms with Crippen LogP contribution in [0.3, 0.4) is 0 Å². The molecule has 1 N–H and O–H groups in total. The molecular formula is C14H16ClN3O2. The first kappa shape index (κ1) is 13.1. The van der Waals surface area contributed by atoms with Crippen molar-refractivity contribution in [3.05, 3.63) is 35.4 Å². The molecule has 0 atom stereocenters. The van der Waals surface area contributed by atoms with Crippen LogP contribution in [0.25, 0.3) is 0 Å². The minimum atomic E-state index is 0.248. The lowest BCUT2D eigenvalue weighted by Gasteiger charge is -2.11. The van der Waals surface area contributed by atoms with Gasteiger partial charge in [-0.15, -0.1) is 0 Å². The molecule has 1 aromatic carbocycles. The molecular weight excluding hydrogens is 278 g/mol. The van der Waals surface area contributed by atoms with E-state index in [4.69, 9.17) is 21.1 Å². The molecule has 0 spiro atoms.